The van der Waals surface area contributed by atoms with E-state index in [1.807, 2.05) is 6.92 Å². The molecule has 0 aliphatic rings. The normalized spacial score (nSPS) is 9.47. The zero-order valence-corrected chi connectivity index (χ0v) is 9.40. The Morgan fingerprint density at radius 3 is 2.65 bits per heavy atom. The van der Waals surface area contributed by atoms with Crippen LogP contribution in [0.4, 0.5) is 11.4 Å². The molecular weight excluding hydrogens is 222 g/mol. The Bertz CT molecular complexity index is 474. The Hall–Kier alpha value is -2.24. The Morgan fingerprint density at radius 2 is 2.00 bits per heavy atom. The van der Waals surface area contributed by atoms with Gasteiger partial charge >= 0.3 is 0 Å². The van der Waals surface area contributed by atoms with Crippen molar-refractivity contribution in [3.8, 4) is 0 Å². The third-order valence-electron chi connectivity index (χ3n) is 2.01. The van der Waals surface area contributed by atoms with Gasteiger partial charge in [0.15, 0.2) is 0 Å². The summed E-state index contributed by atoms with van der Waals surface area (Å²) < 4.78 is 0. The molecule has 6 nitrogen and oxygen atoms in total. The molecule has 0 aromatic heterocycles. The fourth-order valence-electron chi connectivity index (χ4n) is 1.15. The van der Waals surface area contributed by atoms with Crippen LogP contribution in [-0.4, -0.2) is 5.91 Å². The van der Waals surface area contributed by atoms with Gasteiger partial charge in [-0.1, -0.05) is 6.92 Å². The average Bonchev–Trinajstić information content (AvgIpc) is 2.49. The molecule has 17 heavy (non-hydrogen) atoms. The lowest BCUT2D eigenvalue weighted by atomic mass is 10.3. The zero-order chi connectivity index (χ0) is 12.7. The lowest BCUT2D eigenvalue weighted by Crippen LogP contribution is -2.30. The molecule has 6 heteroatoms. The maximum absolute atomic E-state index is 11.5. The monoisotopic (exact) mass is 235 g/mol. The van der Waals surface area contributed by atoms with Crippen LogP contribution in [-0.2, 0) is 4.79 Å². The molecule has 1 aromatic rings. The number of nitrogens with one attached hydrogen (secondary N) is 2. The first-order valence-corrected chi connectivity index (χ1v) is 5.20. The van der Waals surface area contributed by atoms with Gasteiger partial charge in [-0.25, -0.2) is 0 Å². The van der Waals surface area contributed by atoms with Crippen LogP contribution < -0.4 is 16.3 Å². The molecule has 0 heterocycles. The lowest BCUT2D eigenvalue weighted by molar-refractivity contribution is -0.120. The minimum Gasteiger partial charge on any atom is -0.295 e. The lowest BCUT2D eigenvalue weighted by Gasteiger charge is -2.05. The van der Waals surface area contributed by atoms with Gasteiger partial charge in [0, 0.05) is 6.42 Å². The minimum atomic E-state index is -0.336. The van der Waals surface area contributed by atoms with E-state index < -0.39 is 0 Å². The summed E-state index contributed by atoms with van der Waals surface area (Å²) in [5.41, 5.74) is 4.90. The Balaban J connectivity index is 2.78. The van der Waals surface area contributed by atoms with Gasteiger partial charge in [0.1, 0.15) is 11.4 Å². The number of carbonyl (C=O) groups excluding carboxylic acids is 1. The molecule has 0 aliphatic heterocycles. The smallest absolute Gasteiger partial charge is 0.238 e. The third kappa shape index (κ3) is 4.02. The summed E-state index contributed by atoms with van der Waals surface area (Å²) in [6.07, 6.45) is 1.10. The highest BCUT2D eigenvalue weighted by molar-refractivity contribution is 5.77. The second kappa shape index (κ2) is 6.37. The van der Waals surface area contributed by atoms with Gasteiger partial charge in [0.05, 0.1) is 0 Å². The summed E-state index contributed by atoms with van der Waals surface area (Å²) in [6, 6.07) is 5.31. The number of nitroso groups, excluding NO2 is 1. The van der Waals surface area contributed by atoms with Crippen LogP contribution in [0.15, 0.2) is 34.2 Å². The molecule has 90 valence electrons. The van der Waals surface area contributed by atoms with Crippen molar-refractivity contribution in [2.75, 3.05) is 5.43 Å². The number of rotatable bonds is 5. The van der Waals surface area contributed by atoms with Gasteiger partial charge in [-0.05, 0) is 35.9 Å². The molecule has 0 spiro atoms. The van der Waals surface area contributed by atoms with Crippen LogP contribution in [0.3, 0.4) is 0 Å². The number of carbonyl (C=O) groups is 1. The van der Waals surface area contributed by atoms with Crippen molar-refractivity contribution in [3.63, 3.8) is 0 Å². The topological polar surface area (TPSA) is 87.6 Å². The molecule has 0 radical (unpaired) electrons. The summed E-state index contributed by atoms with van der Waals surface area (Å²) in [5, 5.41) is 2.71. The molecule has 0 saturated heterocycles. The van der Waals surface area contributed by atoms with E-state index in [4.69, 9.17) is 0 Å². The van der Waals surface area contributed by atoms with Gasteiger partial charge in [0.2, 0.25) is 11.3 Å². The van der Waals surface area contributed by atoms with E-state index in [0.717, 1.165) is 6.42 Å². The zero-order valence-electron chi connectivity index (χ0n) is 9.40. The molecule has 0 unspecified atom stereocenters. The molecule has 0 atom stereocenters. The second-order valence-corrected chi connectivity index (χ2v) is 3.38. The average molecular weight is 235 g/mol. The van der Waals surface area contributed by atoms with E-state index in [0.29, 0.717) is 6.42 Å². The van der Waals surface area contributed by atoms with E-state index in [-0.39, 0.29) is 22.7 Å². The summed E-state index contributed by atoms with van der Waals surface area (Å²) in [4.78, 5) is 33.0. The molecule has 1 aromatic carbocycles. The van der Waals surface area contributed by atoms with Gasteiger partial charge in [-0.3, -0.25) is 20.4 Å². The van der Waals surface area contributed by atoms with E-state index in [1.54, 1.807) is 0 Å². The molecular formula is C11H13N3O3. The van der Waals surface area contributed by atoms with Crippen LogP contribution in [0, 0.1) is 4.91 Å². The number of hydrogen-bond acceptors (Lipinski definition) is 5. The third-order valence-corrected chi connectivity index (χ3v) is 2.01. The number of hydrogen-bond donors (Lipinski definition) is 2. The van der Waals surface area contributed by atoms with Gasteiger partial charge in [-0.2, -0.15) is 0 Å². The first-order chi connectivity index (χ1) is 8.17. The van der Waals surface area contributed by atoms with E-state index in [1.165, 1.54) is 24.3 Å². The highest BCUT2D eigenvalue weighted by atomic mass is 16.3. The summed E-state index contributed by atoms with van der Waals surface area (Å²) in [5.74, 6) is -0.202. The molecule has 0 fully saturated rings. The van der Waals surface area contributed by atoms with Gasteiger partial charge < -0.3 is 0 Å². The molecule has 0 aliphatic carbocycles. The second-order valence-electron chi connectivity index (χ2n) is 3.38. The maximum Gasteiger partial charge on any atom is 0.238 e. The largest absolute Gasteiger partial charge is 0.295 e. The Labute approximate surface area is 98.0 Å². The van der Waals surface area contributed by atoms with Crippen molar-refractivity contribution in [2.45, 2.75) is 19.8 Å². The number of amides is 1. The van der Waals surface area contributed by atoms with Crippen molar-refractivity contribution in [1.82, 2.24) is 5.43 Å². The first kappa shape index (κ1) is 12.8. The highest BCUT2D eigenvalue weighted by Gasteiger charge is 2.00. The van der Waals surface area contributed by atoms with E-state index >= 15 is 0 Å². The van der Waals surface area contributed by atoms with E-state index in [2.05, 4.69) is 16.0 Å². The molecule has 2 N–H and O–H groups in total. The van der Waals surface area contributed by atoms with Crippen LogP contribution in [0.5, 0.6) is 0 Å². The van der Waals surface area contributed by atoms with Crippen molar-refractivity contribution in [1.29, 1.82) is 0 Å². The predicted octanol–water partition coefficient (Wildman–Crippen LogP) is 1.69. The fourth-order valence-corrected chi connectivity index (χ4v) is 1.15. The summed E-state index contributed by atoms with van der Waals surface area (Å²) in [7, 11) is 0. The molecule has 0 bridgehead atoms. The van der Waals surface area contributed by atoms with Crippen LogP contribution >= 0.6 is 0 Å². The van der Waals surface area contributed by atoms with Crippen LogP contribution in [0.2, 0.25) is 0 Å². The van der Waals surface area contributed by atoms with Crippen molar-refractivity contribution in [3.05, 3.63) is 39.4 Å². The molecule has 0 saturated carbocycles. The number of hydrazine groups is 1. The maximum atomic E-state index is 11.5. The van der Waals surface area contributed by atoms with Crippen molar-refractivity contribution >= 4 is 17.3 Å². The van der Waals surface area contributed by atoms with Crippen LogP contribution in [0.1, 0.15) is 19.8 Å². The van der Waals surface area contributed by atoms with Crippen LogP contribution in [0.25, 0.3) is 0 Å². The minimum absolute atomic E-state index is 0.148. The van der Waals surface area contributed by atoms with Gasteiger partial charge in [0.25, 0.3) is 0 Å². The first-order valence-electron chi connectivity index (χ1n) is 5.20. The van der Waals surface area contributed by atoms with Gasteiger partial charge in [-0.15, -0.1) is 4.91 Å². The quantitative estimate of drug-likeness (QED) is 0.600. The number of nitrogens with zero attached hydrogens (tertiary/aromatic N) is 1. The van der Waals surface area contributed by atoms with Crippen molar-refractivity contribution < 1.29 is 4.79 Å². The summed E-state index contributed by atoms with van der Waals surface area (Å²) >= 11 is 0. The van der Waals surface area contributed by atoms with E-state index in [9.17, 15) is 14.5 Å². The summed E-state index contributed by atoms with van der Waals surface area (Å²) in [6.45, 7) is 1.88. The van der Waals surface area contributed by atoms with Crippen molar-refractivity contribution in [2.24, 2.45) is 5.18 Å². The highest BCUT2D eigenvalue weighted by Crippen LogP contribution is 2.09. The predicted molar refractivity (Wildman–Crippen MR) is 64.8 cm³/mol. The SMILES string of the molecule is CCCC(=O)NNc1ccc(N=O)ccc1=O. The Kier molecular flexibility index (Phi) is 4.80. The molecule has 1 rings (SSSR count). The Morgan fingerprint density at radius 1 is 1.29 bits per heavy atom. The fraction of sp³-hybridized carbons (Fsp3) is 0.273. The number of anilines is 1. The molecule has 1 amide bonds. The standard InChI is InChI=1S/C11H13N3O3/c1-2-3-11(16)13-12-9-6-4-8(14-17)5-7-10(9)15/h4-7H,2-3H2,1H3,(H,12,15)(H,13,16).